The second-order valence-electron chi connectivity index (χ2n) is 6.69. The smallest absolute Gasteiger partial charge is 0.277 e. The number of morpholine rings is 1. The first-order chi connectivity index (χ1) is 14.1. The molecular weight excluding hydrogens is 372 g/mol. The molecule has 10 nitrogen and oxygen atoms in total. The number of hydrogen-bond donors (Lipinski definition) is 2. The van der Waals surface area contributed by atoms with Crippen LogP contribution in [0.2, 0.25) is 0 Å². The molecular formula is C19H22N8O2. The predicted octanol–water partition coefficient (Wildman–Crippen LogP) is 1.75. The maximum atomic E-state index is 12.2. The lowest BCUT2D eigenvalue weighted by Crippen LogP contribution is -2.36. The Hall–Kier alpha value is -3.53. The zero-order chi connectivity index (χ0) is 20.2. The number of nitrogens with one attached hydrogen (secondary N) is 2. The molecule has 0 spiro atoms. The van der Waals surface area contributed by atoms with E-state index in [2.05, 4.69) is 35.8 Å². The van der Waals surface area contributed by atoms with Gasteiger partial charge in [-0.05, 0) is 31.2 Å². The van der Waals surface area contributed by atoms with Crippen molar-refractivity contribution in [3.05, 3.63) is 48.0 Å². The van der Waals surface area contributed by atoms with Gasteiger partial charge in [0, 0.05) is 37.6 Å². The summed E-state index contributed by atoms with van der Waals surface area (Å²) >= 11 is 0. The number of ether oxygens (including phenoxy) is 1. The molecule has 2 aromatic heterocycles. The Labute approximate surface area is 167 Å². The lowest BCUT2D eigenvalue weighted by molar-refractivity contribution is 0.102. The summed E-state index contributed by atoms with van der Waals surface area (Å²) in [5.41, 5.74) is 1.79. The van der Waals surface area contributed by atoms with Crippen molar-refractivity contribution in [2.75, 3.05) is 41.8 Å². The molecule has 1 aliphatic rings. The maximum Gasteiger partial charge on any atom is 0.277 e. The summed E-state index contributed by atoms with van der Waals surface area (Å²) < 4.78 is 6.89. The summed E-state index contributed by atoms with van der Waals surface area (Å²) in [4.78, 5) is 23.3. The first-order valence-electron chi connectivity index (χ1n) is 9.30. The van der Waals surface area contributed by atoms with Gasteiger partial charge in [-0.1, -0.05) is 5.21 Å². The van der Waals surface area contributed by atoms with E-state index in [0.29, 0.717) is 24.7 Å². The second kappa shape index (κ2) is 8.23. The van der Waals surface area contributed by atoms with Gasteiger partial charge in [-0.15, -0.1) is 5.10 Å². The molecule has 1 saturated heterocycles. The average molecular weight is 394 g/mol. The van der Waals surface area contributed by atoms with Crippen molar-refractivity contribution in [2.45, 2.75) is 6.92 Å². The van der Waals surface area contributed by atoms with Crippen LogP contribution in [0.25, 0.3) is 0 Å². The van der Waals surface area contributed by atoms with E-state index in [1.165, 1.54) is 4.68 Å². The van der Waals surface area contributed by atoms with Crippen molar-refractivity contribution in [2.24, 2.45) is 7.05 Å². The number of aryl methyl sites for hydroxylation is 2. The zero-order valence-electron chi connectivity index (χ0n) is 16.3. The number of carbonyl (C=O) groups excluding carboxylic acids is 1. The SMILES string of the molecule is Cc1nc(Nc2ccc(NC(=O)c3cn(C)nn3)cc2)cc(N2CCOCC2)n1. The molecule has 1 aromatic carbocycles. The fourth-order valence-corrected chi connectivity index (χ4v) is 3.00. The third-order valence-electron chi connectivity index (χ3n) is 4.41. The Morgan fingerprint density at radius 3 is 2.52 bits per heavy atom. The molecule has 0 radical (unpaired) electrons. The number of amides is 1. The Bertz CT molecular complexity index is 996. The molecule has 0 atom stereocenters. The average Bonchev–Trinajstić information content (AvgIpc) is 3.16. The molecule has 0 bridgehead atoms. The number of benzene rings is 1. The van der Waals surface area contributed by atoms with Gasteiger partial charge in [-0.3, -0.25) is 9.48 Å². The topological polar surface area (TPSA) is 110 Å². The summed E-state index contributed by atoms with van der Waals surface area (Å²) in [6.45, 7) is 4.91. The predicted molar refractivity (Wildman–Crippen MR) is 108 cm³/mol. The van der Waals surface area contributed by atoms with E-state index in [9.17, 15) is 4.79 Å². The van der Waals surface area contributed by atoms with Crippen LogP contribution < -0.4 is 15.5 Å². The molecule has 0 unspecified atom stereocenters. The van der Waals surface area contributed by atoms with Crippen LogP contribution in [0.3, 0.4) is 0 Å². The summed E-state index contributed by atoms with van der Waals surface area (Å²) in [6, 6.07) is 9.30. The lowest BCUT2D eigenvalue weighted by Gasteiger charge is -2.28. The monoisotopic (exact) mass is 394 g/mol. The van der Waals surface area contributed by atoms with Gasteiger partial charge in [0.1, 0.15) is 17.5 Å². The van der Waals surface area contributed by atoms with Crippen LogP contribution in [0.5, 0.6) is 0 Å². The van der Waals surface area contributed by atoms with Gasteiger partial charge in [-0.25, -0.2) is 9.97 Å². The fourth-order valence-electron chi connectivity index (χ4n) is 3.00. The van der Waals surface area contributed by atoms with Gasteiger partial charge in [0.25, 0.3) is 5.91 Å². The minimum Gasteiger partial charge on any atom is -0.378 e. The molecule has 2 N–H and O–H groups in total. The van der Waals surface area contributed by atoms with Crippen molar-refractivity contribution < 1.29 is 9.53 Å². The largest absolute Gasteiger partial charge is 0.378 e. The standard InChI is InChI=1S/C19H22N8O2/c1-13-20-17(11-18(21-13)27-7-9-29-10-8-27)22-14-3-5-15(6-4-14)23-19(28)16-12-26(2)25-24-16/h3-6,11-12H,7-10H2,1-2H3,(H,23,28)(H,20,21,22). The van der Waals surface area contributed by atoms with Crippen molar-refractivity contribution in [1.82, 2.24) is 25.0 Å². The highest BCUT2D eigenvalue weighted by Gasteiger charge is 2.14. The van der Waals surface area contributed by atoms with Gasteiger partial charge in [0.2, 0.25) is 0 Å². The van der Waals surface area contributed by atoms with Crippen LogP contribution >= 0.6 is 0 Å². The molecule has 10 heteroatoms. The van der Waals surface area contributed by atoms with Gasteiger partial charge < -0.3 is 20.3 Å². The molecule has 1 amide bonds. The van der Waals surface area contributed by atoms with Crippen molar-refractivity contribution in [3.63, 3.8) is 0 Å². The number of nitrogens with zero attached hydrogens (tertiary/aromatic N) is 6. The molecule has 1 aliphatic heterocycles. The highest BCUT2D eigenvalue weighted by Crippen LogP contribution is 2.22. The highest BCUT2D eigenvalue weighted by atomic mass is 16.5. The summed E-state index contributed by atoms with van der Waals surface area (Å²) in [7, 11) is 1.71. The number of rotatable bonds is 5. The number of anilines is 4. The highest BCUT2D eigenvalue weighted by molar-refractivity contribution is 6.02. The van der Waals surface area contributed by atoms with Crippen molar-refractivity contribution in [3.8, 4) is 0 Å². The molecule has 3 heterocycles. The molecule has 150 valence electrons. The molecule has 0 saturated carbocycles. The van der Waals surface area contributed by atoms with E-state index in [4.69, 9.17) is 4.74 Å². The van der Waals surface area contributed by atoms with Crippen molar-refractivity contribution in [1.29, 1.82) is 0 Å². The number of carbonyl (C=O) groups is 1. The van der Waals surface area contributed by atoms with Crippen LogP contribution in [0.4, 0.5) is 23.0 Å². The van der Waals surface area contributed by atoms with E-state index >= 15 is 0 Å². The van der Waals surface area contributed by atoms with Gasteiger partial charge in [0.05, 0.1) is 19.4 Å². The van der Waals surface area contributed by atoms with E-state index in [-0.39, 0.29) is 11.6 Å². The van der Waals surface area contributed by atoms with Crippen LogP contribution in [0.15, 0.2) is 36.5 Å². The van der Waals surface area contributed by atoms with E-state index in [1.54, 1.807) is 13.2 Å². The number of hydrogen-bond acceptors (Lipinski definition) is 8. The minimum absolute atomic E-state index is 0.266. The third-order valence-corrected chi connectivity index (χ3v) is 4.41. The van der Waals surface area contributed by atoms with Crippen LogP contribution in [0, 0.1) is 6.92 Å². The molecule has 1 fully saturated rings. The molecule has 4 rings (SSSR count). The quantitative estimate of drug-likeness (QED) is 0.673. The first kappa shape index (κ1) is 18.8. The summed E-state index contributed by atoms with van der Waals surface area (Å²) in [6.07, 6.45) is 1.56. The van der Waals surface area contributed by atoms with Crippen LogP contribution in [0.1, 0.15) is 16.3 Å². The molecule has 0 aliphatic carbocycles. The van der Waals surface area contributed by atoms with E-state index in [0.717, 1.165) is 30.4 Å². The molecule has 3 aromatic rings. The second-order valence-corrected chi connectivity index (χ2v) is 6.69. The van der Waals surface area contributed by atoms with Crippen LogP contribution in [-0.2, 0) is 11.8 Å². The zero-order valence-corrected chi connectivity index (χ0v) is 16.3. The van der Waals surface area contributed by atoms with Crippen LogP contribution in [-0.4, -0.2) is 57.2 Å². The maximum absolute atomic E-state index is 12.2. The van der Waals surface area contributed by atoms with Gasteiger partial charge in [0.15, 0.2) is 5.69 Å². The Morgan fingerprint density at radius 2 is 1.83 bits per heavy atom. The normalized spacial score (nSPS) is 13.9. The Balaban J connectivity index is 1.43. The Kier molecular flexibility index (Phi) is 5.34. The summed E-state index contributed by atoms with van der Waals surface area (Å²) in [5.74, 6) is 2.00. The minimum atomic E-state index is -0.305. The third kappa shape index (κ3) is 4.66. The van der Waals surface area contributed by atoms with E-state index < -0.39 is 0 Å². The number of aromatic nitrogens is 5. The van der Waals surface area contributed by atoms with E-state index in [1.807, 2.05) is 37.3 Å². The first-order valence-corrected chi connectivity index (χ1v) is 9.30. The summed E-state index contributed by atoms with van der Waals surface area (Å²) in [5, 5.41) is 13.7. The van der Waals surface area contributed by atoms with Crippen molar-refractivity contribution >= 4 is 28.9 Å². The lowest BCUT2D eigenvalue weighted by atomic mass is 10.2. The van der Waals surface area contributed by atoms with Gasteiger partial charge >= 0.3 is 0 Å². The fraction of sp³-hybridized carbons (Fsp3) is 0.316. The Morgan fingerprint density at radius 1 is 1.10 bits per heavy atom. The van der Waals surface area contributed by atoms with Gasteiger partial charge in [-0.2, -0.15) is 0 Å². The molecule has 29 heavy (non-hydrogen) atoms.